The minimum absolute atomic E-state index is 0.116. The number of anilines is 1. The highest BCUT2D eigenvalue weighted by Crippen LogP contribution is 2.32. The van der Waals surface area contributed by atoms with Gasteiger partial charge in [-0.3, -0.25) is 4.79 Å². The van der Waals surface area contributed by atoms with Crippen molar-refractivity contribution >= 4 is 23.4 Å². The lowest BCUT2D eigenvalue weighted by molar-refractivity contribution is -0.116. The number of ether oxygens (including phenoxy) is 1. The minimum atomic E-state index is 0.116. The maximum Gasteiger partial charge on any atom is 0.237 e. The zero-order valence-electron chi connectivity index (χ0n) is 15.6. The summed E-state index contributed by atoms with van der Waals surface area (Å²) < 4.78 is 7.28. The van der Waals surface area contributed by atoms with Gasteiger partial charge in [-0.1, -0.05) is 36.9 Å². The van der Waals surface area contributed by atoms with E-state index in [4.69, 9.17) is 4.74 Å². The van der Waals surface area contributed by atoms with Gasteiger partial charge in [0.05, 0.1) is 12.4 Å². The van der Waals surface area contributed by atoms with E-state index in [0.29, 0.717) is 18.9 Å². The summed E-state index contributed by atoms with van der Waals surface area (Å²) in [5.41, 5.74) is 2.28. The lowest BCUT2D eigenvalue weighted by atomic mass is 10.1. The number of methoxy groups -OCH3 is 1. The molecule has 0 radical (unpaired) electrons. The van der Waals surface area contributed by atoms with Crippen molar-refractivity contribution in [3.63, 3.8) is 0 Å². The number of thioether (sulfide) groups is 1. The SMILES string of the molecule is CCCc1nnc(SCC(=O)N2c3ccccc3C[C@H]2C)n1CCOC. The van der Waals surface area contributed by atoms with Crippen molar-refractivity contribution in [2.24, 2.45) is 0 Å². The van der Waals surface area contributed by atoms with E-state index >= 15 is 0 Å². The third-order valence-corrected chi connectivity index (χ3v) is 5.54. The van der Waals surface area contributed by atoms with Gasteiger partial charge in [0.1, 0.15) is 5.82 Å². The molecule has 26 heavy (non-hydrogen) atoms. The maximum atomic E-state index is 12.9. The van der Waals surface area contributed by atoms with Gasteiger partial charge in [0.25, 0.3) is 0 Å². The fourth-order valence-corrected chi connectivity index (χ4v) is 4.23. The third-order valence-electron chi connectivity index (χ3n) is 4.59. The van der Waals surface area contributed by atoms with Gasteiger partial charge >= 0.3 is 0 Å². The third kappa shape index (κ3) is 3.94. The first-order valence-corrected chi connectivity index (χ1v) is 10.1. The molecule has 1 atom stereocenters. The van der Waals surface area contributed by atoms with Gasteiger partial charge in [-0.2, -0.15) is 0 Å². The van der Waals surface area contributed by atoms with Crippen molar-refractivity contribution < 1.29 is 9.53 Å². The van der Waals surface area contributed by atoms with E-state index < -0.39 is 0 Å². The van der Waals surface area contributed by atoms with Crippen LogP contribution in [0.4, 0.5) is 5.69 Å². The topological polar surface area (TPSA) is 60.2 Å². The second-order valence-electron chi connectivity index (χ2n) is 6.53. The molecular weight excluding hydrogens is 348 g/mol. The zero-order valence-corrected chi connectivity index (χ0v) is 16.5. The van der Waals surface area contributed by atoms with Crippen molar-refractivity contribution in [3.8, 4) is 0 Å². The van der Waals surface area contributed by atoms with E-state index in [-0.39, 0.29) is 11.9 Å². The van der Waals surface area contributed by atoms with Crippen LogP contribution in [-0.4, -0.2) is 46.2 Å². The smallest absolute Gasteiger partial charge is 0.237 e. The van der Waals surface area contributed by atoms with Gasteiger partial charge in [0.15, 0.2) is 5.16 Å². The van der Waals surface area contributed by atoms with Crippen LogP contribution < -0.4 is 4.90 Å². The molecule has 7 heteroatoms. The Labute approximate surface area is 158 Å². The Balaban J connectivity index is 1.70. The Morgan fingerprint density at radius 2 is 2.15 bits per heavy atom. The summed E-state index contributed by atoms with van der Waals surface area (Å²) in [6.07, 6.45) is 2.80. The number of para-hydroxylation sites is 1. The van der Waals surface area contributed by atoms with Crippen molar-refractivity contribution in [3.05, 3.63) is 35.7 Å². The van der Waals surface area contributed by atoms with Crippen LogP contribution >= 0.6 is 11.8 Å². The molecule has 0 fully saturated rings. The van der Waals surface area contributed by atoms with Crippen LogP contribution in [0.3, 0.4) is 0 Å². The van der Waals surface area contributed by atoms with Gasteiger partial charge in [0, 0.05) is 31.8 Å². The second-order valence-corrected chi connectivity index (χ2v) is 7.47. The van der Waals surface area contributed by atoms with Crippen molar-refractivity contribution in [2.75, 3.05) is 24.4 Å². The molecule has 0 unspecified atom stereocenters. The number of hydrogen-bond donors (Lipinski definition) is 0. The predicted molar refractivity (Wildman–Crippen MR) is 104 cm³/mol. The van der Waals surface area contributed by atoms with Crippen LogP contribution in [0.1, 0.15) is 31.7 Å². The second kappa shape index (κ2) is 8.68. The average Bonchev–Trinajstić information content (AvgIpc) is 3.18. The lowest BCUT2D eigenvalue weighted by Crippen LogP contribution is -2.37. The molecule has 6 nitrogen and oxygen atoms in total. The van der Waals surface area contributed by atoms with Gasteiger partial charge in [0.2, 0.25) is 5.91 Å². The van der Waals surface area contributed by atoms with E-state index in [1.165, 1.54) is 17.3 Å². The molecular formula is C19H26N4O2S. The molecule has 1 aromatic carbocycles. The molecule has 2 heterocycles. The highest BCUT2D eigenvalue weighted by atomic mass is 32.2. The molecule has 2 aromatic rings. The molecule has 0 saturated heterocycles. The number of hydrogen-bond acceptors (Lipinski definition) is 5. The average molecular weight is 375 g/mol. The molecule has 0 saturated carbocycles. The molecule has 140 valence electrons. The van der Waals surface area contributed by atoms with Crippen LogP contribution in [0, 0.1) is 0 Å². The quantitative estimate of drug-likeness (QED) is 0.665. The van der Waals surface area contributed by atoms with E-state index in [1.54, 1.807) is 7.11 Å². The fourth-order valence-electron chi connectivity index (χ4n) is 3.38. The van der Waals surface area contributed by atoms with Gasteiger partial charge < -0.3 is 14.2 Å². The number of fused-ring (bicyclic) bond motifs is 1. The van der Waals surface area contributed by atoms with Crippen LogP contribution in [0.25, 0.3) is 0 Å². The van der Waals surface area contributed by atoms with Crippen LogP contribution in [0.2, 0.25) is 0 Å². The molecule has 0 spiro atoms. The maximum absolute atomic E-state index is 12.9. The summed E-state index contributed by atoms with van der Waals surface area (Å²) in [4.78, 5) is 14.8. The monoisotopic (exact) mass is 374 g/mol. The van der Waals surface area contributed by atoms with Gasteiger partial charge in [-0.15, -0.1) is 10.2 Å². The molecule has 1 aliphatic rings. The number of carbonyl (C=O) groups excluding carboxylic acids is 1. The van der Waals surface area contributed by atoms with E-state index in [0.717, 1.165) is 35.9 Å². The number of rotatable bonds is 8. The fraction of sp³-hybridized carbons (Fsp3) is 0.526. The molecule has 1 amide bonds. The number of amides is 1. The molecule has 1 aromatic heterocycles. The Morgan fingerprint density at radius 1 is 1.35 bits per heavy atom. The number of nitrogens with zero attached hydrogens (tertiary/aromatic N) is 4. The van der Waals surface area contributed by atoms with Gasteiger partial charge in [-0.25, -0.2) is 0 Å². The largest absolute Gasteiger partial charge is 0.383 e. The molecule has 0 bridgehead atoms. The van der Waals surface area contributed by atoms with Crippen molar-refractivity contribution in [1.29, 1.82) is 0 Å². The van der Waals surface area contributed by atoms with Crippen LogP contribution in [0.15, 0.2) is 29.4 Å². The summed E-state index contributed by atoms with van der Waals surface area (Å²) in [7, 11) is 1.69. The van der Waals surface area contributed by atoms with E-state index in [1.807, 2.05) is 23.1 Å². The number of aromatic nitrogens is 3. The lowest BCUT2D eigenvalue weighted by Gasteiger charge is -2.22. The van der Waals surface area contributed by atoms with Crippen LogP contribution in [-0.2, 0) is 28.9 Å². The standard InChI is InChI=1S/C19H26N4O2S/c1-4-7-17-20-21-19(22(17)10-11-25-3)26-13-18(24)23-14(2)12-15-8-5-6-9-16(15)23/h5-6,8-9,14H,4,7,10-13H2,1-3H3/t14-/m1/s1. The first-order valence-electron chi connectivity index (χ1n) is 9.09. The Kier molecular flexibility index (Phi) is 6.32. The molecule has 3 rings (SSSR count). The summed E-state index contributed by atoms with van der Waals surface area (Å²) in [5, 5.41) is 9.39. The summed E-state index contributed by atoms with van der Waals surface area (Å²) >= 11 is 1.46. The van der Waals surface area contributed by atoms with E-state index in [2.05, 4.69) is 34.7 Å². The molecule has 0 aliphatic carbocycles. The number of benzene rings is 1. The summed E-state index contributed by atoms with van der Waals surface area (Å²) in [6, 6.07) is 8.35. The highest BCUT2D eigenvalue weighted by molar-refractivity contribution is 7.99. The number of carbonyl (C=O) groups is 1. The summed E-state index contributed by atoms with van der Waals surface area (Å²) in [6.45, 7) is 5.53. The predicted octanol–water partition coefficient (Wildman–Crippen LogP) is 2.95. The van der Waals surface area contributed by atoms with Crippen molar-refractivity contribution in [1.82, 2.24) is 14.8 Å². The Morgan fingerprint density at radius 3 is 2.92 bits per heavy atom. The first-order chi connectivity index (χ1) is 12.7. The summed E-state index contributed by atoms with van der Waals surface area (Å²) in [5.74, 6) is 1.43. The highest BCUT2D eigenvalue weighted by Gasteiger charge is 2.30. The molecule has 1 aliphatic heterocycles. The Bertz CT molecular complexity index is 762. The normalized spacial score (nSPS) is 16.1. The minimum Gasteiger partial charge on any atom is -0.383 e. The molecule has 0 N–H and O–H groups in total. The Hall–Kier alpha value is -1.86. The van der Waals surface area contributed by atoms with E-state index in [9.17, 15) is 4.79 Å². The van der Waals surface area contributed by atoms with Crippen LogP contribution in [0.5, 0.6) is 0 Å². The number of aryl methyl sites for hydroxylation is 1. The van der Waals surface area contributed by atoms with Gasteiger partial charge in [-0.05, 0) is 31.4 Å². The zero-order chi connectivity index (χ0) is 18.5. The van der Waals surface area contributed by atoms with Crippen molar-refractivity contribution in [2.45, 2.75) is 50.9 Å². The first kappa shape index (κ1) is 18.9.